The summed E-state index contributed by atoms with van der Waals surface area (Å²) in [6.07, 6.45) is 2.78. The number of alkyl halides is 2. The van der Waals surface area contributed by atoms with E-state index in [9.17, 15) is 23.5 Å². The number of amides is 1. The number of halogens is 2. The molecule has 2 aromatic heterocycles. The highest BCUT2D eigenvalue weighted by Crippen LogP contribution is 2.34. The molecule has 1 saturated carbocycles. The number of nitrogens with zero attached hydrogens (tertiary/aromatic N) is 3. The third-order valence-corrected chi connectivity index (χ3v) is 6.26. The Balaban J connectivity index is 0.000000224. The van der Waals surface area contributed by atoms with Crippen LogP contribution in [0.1, 0.15) is 64.9 Å². The Morgan fingerprint density at radius 1 is 1.32 bits per heavy atom. The summed E-state index contributed by atoms with van der Waals surface area (Å²) in [5, 5.41) is 15.7. The summed E-state index contributed by atoms with van der Waals surface area (Å²) >= 11 is 0. The van der Waals surface area contributed by atoms with Gasteiger partial charge in [-0.3, -0.25) is 9.59 Å². The smallest absolute Gasteiger partial charge is 0.269 e. The zero-order chi connectivity index (χ0) is 29.3. The molecule has 10 nitrogen and oxygen atoms in total. The quantitative estimate of drug-likeness (QED) is 0.328. The van der Waals surface area contributed by atoms with E-state index in [0.717, 1.165) is 5.76 Å². The average Bonchev–Trinajstić information content (AvgIpc) is 3.51. The zero-order valence-electron chi connectivity index (χ0n) is 22.6. The van der Waals surface area contributed by atoms with E-state index in [4.69, 9.17) is 10.5 Å². The summed E-state index contributed by atoms with van der Waals surface area (Å²) in [7, 11) is 1.83. The Morgan fingerprint density at radius 3 is 2.58 bits per heavy atom. The Kier molecular flexibility index (Phi) is 10.5. The van der Waals surface area contributed by atoms with Gasteiger partial charge in [0.2, 0.25) is 5.92 Å². The van der Waals surface area contributed by atoms with Crippen LogP contribution in [0.2, 0.25) is 0 Å². The number of imidazole rings is 1. The normalized spacial score (nSPS) is 16.1. The molecule has 1 aliphatic heterocycles. The molecule has 0 spiro atoms. The maximum Gasteiger partial charge on any atom is 0.269 e. The first kappa shape index (κ1) is 30.5. The lowest BCUT2D eigenvalue weighted by molar-refractivity contribution is -0.0398. The van der Waals surface area contributed by atoms with Crippen LogP contribution in [-0.4, -0.2) is 63.7 Å². The minimum atomic E-state index is -2.38. The van der Waals surface area contributed by atoms with E-state index < -0.39 is 17.9 Å². The van der Waals surface area contributed by atoms with Crippen LogP contribution in [0.4, 0.5) is 8.78 Å². The second-order valence-corrected chi connectivity index (χ2v) is 9.35. The molecule has 0 saturated heterocycles. The van der Waals surface area contributed by atoms with Gasteiger partial charge in [0.25, 0.3) is 5.91 Å². The monoisotopic (exact) mass is 557 g/mol. The van der Waals surface area contributed by atoms with Gasteiger partial charge < -0.3 is 30.0 Å². The molecule has 1 aliphatic carbocycles. The van der Waals surface area contributed by atoms with Gasteiger partial charge >= 0.3 is 0 Å². The predicted molar refractivity (Wildman–Crippen MR) is 143 cm³/mol. The SMILES string of the molecule is CC(O)C#Cc1ccc2c(c1)-c1nc(C(N)=O)c(C=O)n1CCO2.CNC1CCC(F)(F)CC1.Cc1ccno1. The Bertz CT molecular complexity index is 1350. The number of aliphatic hydroxyl groups excluding tert-OH is 1. The van der Waals surface area contributed by atoms with Gasteiger partial charge in [-0.05, 0) is 51.9 Å². The molecule has 1 aromatic carbocycles. The first-order chi connectivity index (χ1) is 19.0. The molecule has 1 fully saturated rings. The van der Waals surface area contributed by atoms with E-state index in [1.54, 1.807) is 42.0 Å². The highest BCUT2D eigenvalue weighted by atomic mass is 19.3. The number of aryl methyl sites for hydroxylation is 1. The van der Waals surface area contributed by atoms with Gasteiger partial charge in [-0.15, -0.1) is 0 Å². The summed E-state index contributed by atoms with van der Waals surface area (Å²) in [4.78, 5) is 27.2. The van der Waals surface area contributed by atoms with Crippen molar-refractivity contribution >= 4 is 12.2 Å². The lowest BCUT2D eigenvalue weighted by Crippen LogP contribution is -2.34. The second-order valence-electron chi connectivity index (χ2n) is 9.35. The molecule has 0 radical (unpaired) electrons. The summed E-state index contributed by atoms with van der Waals surface area (Å²) in [5.41, 5.74) is 6.66. The van der Waals surface area contributed by atoms with Gasteiger partial charge in [-0.1, -0.05) is 17.0 Å². The summed E-state index contributed by atoms with van der Waals surface area (Å²) in [5.74, 6) is 4.24. The van der Waals surface area contributed by atoms with Crippen molar-refractivity contribution in [3.05, 3.63) is 53.2 Å². The number of rotatable bonds is 3. The van der Waals surface area contributed by atoms with Crippen molar-refractivity contribution in [3.8, 4) is 29.0 Å². The molecule has 40 heavy (non-hydrogen) atoms. The van der Waals surface area contributed by atoms with Crippen LogP contribution < -0.4 is 15.8 Å². The number of hydrogen-bond acceptors (Lipinski definition) is 8. The van der Waals surface area contributed by atoms with Crippen molar-refractivity contribution in [1.29, 1.82) is 0 Å². The number of fused-ring (bicyclic) bond motifs is 3. The fourth-order valence-corrected chi connectivity index (χ4v) is 4.15. The summed E-state index contributed by atoms with van der Waals surface area (Å²) in [6, 6.07) is 7.38. The van der Waals surface area contributed by atoms with Crippen molar-refractivity contribution in [2.45, 2.75) is 64.1 Å². The molecule has 214 valence electrons. The van der Waals surface area contributed by atoms with Gasteiger partial charge in [-0.2, -0.15) is 0 Å². The van der Waals surface area contributed by atoms with E-state index >= 15 is 0 Å². The fourth-order valence-electron chi connectivity index (χ4n) is 4.15. The first-order valence-corrected chi connectivity index (χ1v) is 12.8. The molecule has 2 aliphatic rings. The standard InChI is InChI=1S/C17H15N3O4.C7H13F2N.C4H5NO/c1-10(22)2-3-11-4-5-14-12(8-11)17-19-15(16(18)23)13(9-21)20(17)6-7-24-14;1-10-6-2-4-7(8,9)5-3-6;1-4-2-3-5-6-4/h4-5,8-10,22H,6-7H2,1H3,(H2,18,23);6,10H,2-5H2,1H3;2-3H,1H3. The molecule has 0 bridgehead atoms. The third kappa shape index (κ3) is 8.21. The number of nitrogens with one attached hydrogen (secondary N) is 1. The van der Waals surface area contributed by atoms with E-state index in [-0.39, 0.29) is 24.2 Å². The number of carbonyl (C=O) groups excluding carboxylic acids is 2. The van der Waals surface area contributed by atoms with Gasteiger partial charge in [-0.25, -0.2) is 13.8 Å². The summed E-state index contributed by atoms with van der Waals surface area (Å²) < 4.78 is 36.9. The lowest BCUT2D eigenvalue weighted by Gasteiger charge is -2.27. The minimum absolute atomic E-state index is 0.0541. The number of aldehydes is 1. The molecule has 12 heteroatoms. The molecule has 3 aromatic rings. The fraction of sp³-hybridized carbons (Fsp3) is 0.429. The Morgan fingerprint density at radius 2 is 2.05 bits per heavy atom. The number of carbonyl (C=O) groups is 2. The van der Waals surface area contributed by atoms with Crippen molar-refractivity contribution < 1.29 is 32.7 Å². The van der Waals surface area contributed by atoms with Crippen LogP contribution in [0.25, 0.3) is 11.4 Å². The number of ether oxygens (including phenoxy) is 1. The van der Waals surface area contributed by atoms with E-state index in [1.165, 1.54) is 0 Å². The summed E-state index contributed by atoms with van der Waals surface area (Å²) in [6.45, 7) is 4.12. The van der Waals surface area contributed by atoms with Crippen LogP contribution in [0.15, 0.2) is 35.0 Å². The molecule has 3 heterocycles. The number of aromatic nitrogens is 3. The number of hydrogen-bond donors (Lipinski definition) is 3. The van der Waals surface area contributed by atoms with Gasteiger partial charge in [0.15, 0.2) is 12.0 Å². The third-order valence-electron chi connectivity index (χ3n) is 6.26. The lowest BCUT2D eigenvalue weighted by atomic mass is 9.92. The van der Waals surface area contributed by atoms with Crippen molar-refractivity contribution in [2.75, 3.05) is 13.7 Å². The molecular formula is C28H33F2N5O5. The molecule has 1 amide bonds. The predicted octanol–water partition coefficient (Wildman–Crippen LogP) is 3.35. The molecular weight excluding hydrogens is 524 g/mol. The van der Waals surface area contributed by atoms with E-state index in [1.807, 2.05) is 14.0 Å². The number of aliphatic hydroxyl groups is 1. The minimum Gasteiger partial charge on any atom is -0.491 e. The van der Waals surface area contributed by atoms with E-state index in [0.29, 0.717) is 61.0 Å². The largest absolute Gasteiger partial charge is 0.491 e. The molecule has 1 unspecified atom stereocenters. The molecule has 1 atom stereocenters. The number of primary amides is 1. The number of nitrogens with two attached hydrogens (primary N) is 1. The van der Waals surface area contributed by atoms with Gasteiger partial charge in [0.05, 0.1) is 18.3 Å². The van der Waals surface area contributed by atoms with Crippen LogP contribution in [-0.2, 0) is 6.54 Å². The van der Waals surface area contributed by atoms with Crippen LogP contribution in [0, 0.1) is 18.8 Å². The molecule has 5 rings (SSSR count). The van der Waals surface area contributed by atoms with Crippen molar-refractivity contribution in [2.24, 2.45) is 5.73 Å². The highest BCUT2D eigenvalue weighted by molar-refractivity contribution is 5.99. The van der Waals surface area contributed by atoms with E-state index in [2.05, 4.69) is 31.8 Å². The van der Waals surface area contributed by atoms with Gasteiger partial charge in [0.1, 0.15) is 35.7 Å². The van der Waals surface area contributed by atoms with Gasteiger partial charge in [0, 0.05) is 30.5 Å². The second kappa shape index (κ2) is 13.8. The van der Waals surface area contributed by atoms with Crippen LogP contribution >= 0.6 is 0 Å². The van der Waals surface area contributed by atoms with Crippen molar-refractivity contribution in [1.82, 2.24) is 20.0 Å². The topological polar surface area (TPSA) is 146 Å². The maximum absolute atomic E-state index is 12.5. The average molecular weight is 558 g/mol. The van der Waals surface area contributed by atoms with Crippen LogP contribution in [0.3, 0.4) is 0 Å². The zero-order valence-corrected chi connectivity index (χ0v) is 22.6. The Labute approximate surface area is 230 Å². The maximum atomic E-state index is 12.5. The van der Waals surface area contributed by atoms with Crippen LogP contribution in [0.5, 0.6) is 5.75 Å². The van der Waals surface area contributed by atoms with Crippen molar-refractivity contribution in [3.63, 3.8) is 0 Å². The Hall–Kier alpha value is -4.08. The number of benzene rings is 1. The highest BCUT2D eigenvalue weighted by Gasteiger charge is 2.34. The first-order valence-electron chi connectivity index (χ1n) is 12.8. The molecule has 4 N–H and O–H groups in total.